The summed E-state index contributed by atoms with van der Waals surface area (Å²) in [7, 11) is 0. The van der Waals surface area contributed by atoms with E-state index in [0.29, 0.717) is 19.4 Å². The van der Waals surface area contributed by atoms with E-state index in [4.69, 9.17) is 10.5 Å². The Bertz CT molecular complexity index is 393. The van der Waals surface area contributed by atoms with Gasteiger partial charge in [-0.2, -0.15) is 0 Å². The van der Waals surface area contributed by atoms with Crippen LogP contribution in [0.25, 0.3) is 0 Å². The molecule has 0 aromatic heterocycles. The Morgan fingerprint density at radius 1 is 1.33 bits per heavy atom. The molecule has 3 N–H and O–H groups in total. The molecule has 98 valence electrons. The number of nitrogens with two attached hydrogens (primary N) is 1. The molecule has 0 amide bonds. The quantitative estimate of drug-likeness (QED) is 0.783. The van der Waals surface area contributed by atoms with Gasteiger partial charge in [0.05, 0.1) is 12.0 Å². The zero-order chi connectivity index (χ0) is 13.0. The third-order valence-corrected chi connectivity index (χ3v) is 3.50. The predicted molar refractivity (Wildman–Crippen MR) is 67.5 cm³/mol. The monoisotopic (exact) mass is 249 g/mol. The van der Waals surface area contributed by atoms with Crippen LogP contribution in [0.15, 0.2) is 30.3 Å². The van der Waals surface area contributed by atoms with Crippen molar-refractivity contribution in [1.29, 1.82) is 0 Å². The van der Waals surface area contributed by atoms with Crippen molar-refractivity contribution in [1.82, 2.24) is 0 Å². The summed E-state index contributed by atoms with van der Waals surface area (Å²) >= 11 is 0. The lowest BCUT2D eigenvalue weighted by Crippen LogP contribution is -2.26. The Morgan fingerprint density at radius 3 is 2.72 bits per heavy atom. The summed E-state index contributed by atoms with van der Waals surface area (Å²) in [6, 6.07) is 9.56. The number of carbonyl (C=O) groups excluding carboxylic acids is 1. The second-order valence-electron chi connectivity index (χ2n) is 4.82. The van der Waals surface area contributed by atoms with Crippen LogP contribution in [0.4, 0.5) is 0 Å². The fourth-order valence-corrected chi connectivity index (χ4v) is 2.48. The number of rotatable bonds is 4. The lowest BCUT2D eigenvalue weighted by Gasteiger charge is -2.16. The second kappa shape index (κ2) is 5.98. The maximum atomic E-state index is 11.9. The van der Waals surface area contributed by atoms with E-state index >= 15 is 0 Å². The number of carbonyl (C=O) groups is 1. The van der Waals surface area contributed by atoms with Crippen molar-refractivity contribution in [3.8, 4) is 0 Å². The highest BCUT2D eigenvalue weighted by atomic mass is 16.5. The molecule has 4 nitrogen and oxygen atoms in total. The van der Waals surface area contributed by atoms with Crippen LogP contribution < -0.4 is 5.73 Å². The minimum atomic E-state index is -0.423. The molecule has 18 heavy (non-hydrogen) atoms. The number of benzene rings is 1. The third kappa shape index (κ3) is 3.09. The Balaban J connectivity index is 1.88. The SMILES string of the molecule is NC[C@@H]1C[C@H](O)CC1C(=O)OCc1ccccc1. The number of esters is 1. The van der Waals surface area contributed by atoms with Crippen LogP contribution >= 0.6 is 0 Å². The average Bonchev–Trinajstić information content (AvgIpc) is 2.78. The van der Waals surface area contributed by atoms with Gasteiger partial charge in [-0.25, -0.2) is 0 Å². The molecular formula is C14H19NO3. The van der Waals surface area contributed by atoms with E-state index in [1.807, 2.05) is 30.3 Å². The number of hydrogen-bond donors (Lipinski definition) is 2. The number of aliphatic hydroxyl groups excluding tert-OH is 1. The summed E-state index contributed by atoms with van der Waals surface area (Å²) in [4.78, 5) is 11.9. The van der Waals surface area contributed by atoms with Gasteiger partial charge in [-0.15, -0.1) is 0 Å². The fourth-order valence-electron chi connectivity index (χ4n) is 2.48. The minimum absolute atomic E-state index is 0.0447. The van der Waals surface area contributed by atoms with Crippen molar-refractivity contribution in [3.05, 3.63) is 35.9 Å². The molecule has 1 aliphatic rings. The summed E-state index contributed by atoms with van der Waals surface area (Å²) in [5, 5.41) is 9.57. The molecule has 1 saturated carbocycles. The first-order valence-electron chi connectivity index (χ1n) is 6.29. The molecule has 1 aromatic rings. The molecule has 1 aromatic carbocycles. The molecule has 0 radical (unpaired) electrons. The zero-order valence-corrected chi connectivity index (χ0v) is 10.3. The van der Waals surface area contributed by atoms with E-state index in [-0.39, 0.29) is 24.4 Å². The molecule has 0 bridgehead atoms. The van der Waals surface area contributed by atoms with Crippen molar-refractivity contribution in [2.24, 2.45) is 17.6 Å². The van der Waals surface area contributed by atoms with Crippen molar-refractivity contribution in [2.45, 2.75) is 25.6 Å². The van der Waals surface area contributed by atoms with E-state index in [9.17, 15) is 9.90 Å². The van der Waals surface area contributed by atoms with Gasteiger partial charge >= 0.3 is 5.97 Å². The van der Waals surface area contributed by atoms with Gasteiger partial charge in [0.2, 0.25) is 0 Å². The van der Waals surface area contributed by atoms with Crippen molar-refractivity contribution in [3.63, 3.8) is 0 Å². The summed E-state index contributed by atoms with van der Waals surface area (Å²) in [6.45, 7) is 0.700. The van der Waals surface area contributed by atoms with Crippen LogP contribution in [0.3, 0.4) is 0 Å². The van der Waals surface area contributed by atoms with E-state index in [0.717, 1.165) is 5.56 Å². The average molecular weight is 249 g/mol. The summed E-state index contributed by atoms with van der Waals surface area (Å²) in [5.41, 5.74) is 6.58. The van der Waals surface area contributed by atoms with Gasteiger partial charge in [0, 0.05) is 0 Å². The first kappa shape index (κ1) is 13.1. The molecule has 1 fully saturated rings. The summed E-state index contributed by atoms with van der Waals surface area (Å²) < 4.78 is 5.29. The highest BCUT2D eigenvalue weighted by Crippen LogP contribution is 2.32. The third-order valence-electron chi connectivity index (χ3n) is 3.50. The van der Waals surface area contributed by atoms with Gasteiger partial charge < -0.3 is 15.6 Å². The van der Waals surface area contributed by atoms with Crippen molar-refractivity contribution >= 4 is 5.97 Å². The molecule has 1 unspecified atom stereocenters. The van der Waals surface area contributed by atoms with Crippen LogP contribution in [-0.4, -0.2) is 23.7 Å². The molecule has 0 spiro atoms. The van der Waals surface area contributed by atoms with Gasteiger partial charge in [-0.05, 0) is 30.9 Å². The van der Waals surface area contributed by atoms with E-state index in [1.54, 1.807) is 0 Å². The number of hydrogen-bond acceptors (Lipinski definition) is 4. The topological polar surface area (TPSA) is 72.5 Å². The molecule has 0 heterocycles. The maximum absolute atomic E-state index is 11.9. The Hall–Kier alpha value is -1.39. The van der Waals surface area contributed by atoms with Gasteiger partial charge in [0.15, 0.2) is 0 Å². The van der Waals surface area contributed by atoms with Crippen LogP contribution in [0.2, 0.25) is 0 Å². The van der Waals surface area contributed by atoms with Gasteiger partial charge in [-0.3, -0.25) is 4.79 Å². The van der Waals surface area contributed by atoms with E-state index in [1.165, 1.54) is 0 Å². The van der Waals surface area contributed by atoms with Gasteiger partial charge in [-0.1, -0.05) is 30.3 Å². The van der Waals surface area contributed by atoms with Gasteiger partial charge in [0.1, 0.15) is 6.61 Å². The minimum Gasteiger partial charge on any atom is -0.461 e. The molecule has 0 saturated heterocycles. The highest BCUT2D eigenvalue weighted by Gasteiger charge is 2.38. The van der Waals surface area contributed by atoms with E-state index < -0.39 is 6.10 Å². The summed E-state index contributed by atoms with van der Waals surface area (Å²) in [5.74, 6) is -0.456. The van der Waals surface area contributed by atoms with Crippen molar-refractivity contribution < 1.29 is 14.6 Å². The van der Waals surface area contributed by atoms with Gasteiger partial charge in [0.25, 0.3) is 0 Å². The molecule has 2 rings (SSSR count). The van der Waals surface area contributed by atoms with Crippen LogP contribution in [0.1, 0.15) is 18.4 Å². The molecular weight excluding hydrogens is 230 g/mol. The second-order valence-corrected chi connectivity index (χ2v) is 4.82. The van der Waals surface area contributed by atoms with Crippen LogP contribution in [0.5, 0.6) is 0 Å². The van der Waals surface area contributed by atoms with E-state index in [2.05, 4.69) is 0 Å². The standard InChI is InChI=1S/C14H19NO3/c15-8-11-6-12(16)7-13(11)14(17)18-9-10-4-2-1-3-5-10/h1-5,11-13,16H,6-9,15H2/t11-,12-,13?/m0/s1. The lowest BCUT2D eigenvalue weighted by molar-refractivity contribution is -0.151. The molecule has 1 aliphatic carbocycles. The number of ether oxygens (including phenoxy) is 1. The fraction of sp³-hybridized carbons (Fsp3) is 0.500. The summed E-state index contributed by atoms with van der Waals surface area (Å²) in [6.07, 6.45) is 0.643. The first-order chi connectivity index (χ1) is 8.70. The van der Waals surface area contributed by atoms with Crippen molar-refractivity contribution in [2.75, 3.05) is 6.54 Å². The maximum Gasteiger partial charge on any atom is 0.309 e. The molecule has 0 aliphatic heterocycles. The Kier molecular flexibility index (Phi) is 4.33. The molecule has 4 heteroatoms. The largest absolute Gasteiger partial charge is 0.461 e. The first-order valence-corrected chi connectivity index (χ1v) is 6.29. The Labute approximate surface area is 107 Å². The zero-order valence-electron chi connectivity index (χ0n) is 10.3. The smallest absolute Gasteiger partial charge is 0.309 e. The molecule has 3 atom stereocenters. The highest BCUT2D eigenvalue weighted by molar-refractivity contribution is 5.73. The van der Waals surface area contributed by atoms with Crippen LogP contribution in [0, 0.1) is 11.8 Å². The number of aliphatic hydroxyl groups is 1. The lowest BCUT2D eigenvalue weighted by atomic mass is 9.96. The predicted octanol–water partition coefficient (Wildman–Crippen LogP) is 1.08. The Morgan fingerprint density at radius 2 is 2.06 bits per heavy atom. The normalized spacial score (nSPS) is 27.1. The van der Waals surface area contributed by atoms with Crippen LogP contribution in [-0.2, 0) is 16.1 Å².